The van der Waals surface area contributed by atoms with Crippen molar-refractivity contribution in [2.45, 2.75) is 33.6 Å². The van der Waals surface area contributed by atoms with Crippen molar-refractivity contribution in [1.29, 1.82) is 0 Å². The molecule has 0 saturated heterocycles. The lowest BCUT2D eigenvalue weighted by Gasteiger charge is -2.17. The molecule has 0 amide bonds. The molecule has 0 aliphatic carbocycles. The first kappa shape index (κ1) is 14.8. The Hall–Kier alpha value is -1.29. The Bertz CT molecular complexity index is 348. The second-order valence-corrected chi connectivity index (χ2v) is 4.59. The van der Waals surface area contributed by atoms with Gasteiger partial charge in [-0.25, -0.2) is 4.98 Å². The topological polar surface area (TPSA) is 54.2 Å². The lowest BCUT2D eigenvalue weighted by molar-refractivity contribution is 0.298. The number of rotatable bonds is 8. The summed E-state index contributed by atoms with van der Waals surface area (Å²) in [6.07, 6.45) is 4.11. The van der Waals surface area contributed by atoms with E-state index >= 15 is 0 Å². The fraction of sp³-hybridized carbons (Fsp3) is 0.643. The molecule has 1 rings (SSSR count). The Labute approximate surface area is 111 Å². The highest BCUT2D eigenvalue weighted by Crippen LogP contribution is 2.12. The van der Waals surface area contributed by atoms with Gasteiger partial charge >= 0.3 is 0 Å². The van der Waals surface area contributed by atoms with E-state index in [1.807, 2.05) is 13.0 Å². The molecule has 4 nitrogen and oxygen atoms in total. The van der Waals surface area contributed by atoms with Crippen LogP contribution in [0.3, 0.4) is 0 Å². The molecule has 1 aromatic rings. The summed E-state index contributed by atoms with van der Waals surface area (Å²) in [5, 5.41) is 3.34. The van der Waals surface area contributed by atoms with Gasteiger partial charge in [0.05, 0.1) is 11.9 Å². The van der Waals surface area contributed by atoms with E-state index in [1.165, 1.54) is 19.4 Å². The van der Waals surface area contributed by atoms with Crippen LogP contribution in [0.25, 0.3) is 0 Å². The molecule has 0 saturated carbocycles. The van der Waals surface area contributed by atoms with Gasteiger partial charge in [0.2, 0.25) is 0 Å². The molecular formula is C14H26N4. The third kappa shape index (κ3) is 4.92. The second kappa shape index (κ2) is 7.93. The summed E-state index contributed by atoms with van der Waals surface area (Å²) in [5.41, 5.74) is 7.56. The van der Waals surface area contributed by atoms with Crippen LogP contribution in [0.2, 0.25) is 0 Å². The Morgan fingerprint density at radius 3 is 2.61 bits per heavy atom. The molecule has 0 aromatic carbocycles. The standard InChI is InChI=1S/C14H26N4/c1-4-18(5-2)9-7-6-8-16-14-10-12(3)13(15)11-17-14/h10-11H,4-9,15H2,1-3H3,(H,16,17). The van der Waals surface area contributed by atoms with Gasteiger partial charge in [0.1, 0.15) is 5.82 Å². The average Bonchev–Trinajstić information content (AvgIpc) is 2.38. The van der Waals surface area contributed by atoms with Gasteiger partial charge in [0.15, 0.2) is 0 Å². The monoisotopic (exact) mass is 250 g/mol. The fourth-order valence-corrected chi connectivity index (χ4v) is 1.88. The van der Waals surface area contributed by atoms with Crippen molar-refractivity contribution in [3.63, 3.8) is 0 Å². The lowest BCUT2D eigenvalue weighted by Crippen LogP contribution is -2.24. The van der Waals surface area contributed by atoms with Crippen molar-refractivity contribution >= 4 is 11.5 Å². The predicted molar refractivity (Wildman–Crippen MR) is 78.9 cm³/mol. The second-order valence-electron chi connectivity index (χ2n) is 4.59. The number of unbranched alkanes of at least 4 members (excludes halogenated alkanes) is 1. The highest BCUT2D eigenvalue weighted by Gasteiger charge is 1.99. The third-order valence-electron chi connectivity index (χ3n) is 3.25. The lowest BCUT2D eigenvalue weighted by atomic mass is 10.2. The van der Waals surface area contributed by atoms with E-state index in [1.54, 1.807) is 6.20 Å². The number of aromatic nitrogens is 1. The Kier molecular flexibility index (Phi) is 6.50. The number of anilines is 2. The summed E-state index contributed by atoms with van der Waals surface area (Å²) in [6, 6.07) is 2.00. The maximum atomic E-state index is 5.73. The van der Waals surface area contributed by atoms with Crippen LogP contribution >= 0.6 is 0 Å². The summed E-state index contributed by atoms with van der Waals surface area (Å²) in [4.78, 5) is 6.71. The van der Waals surface area contributed by atoms with Crippen LogP contribution in [-0.4, -0.2) is 36.1 Å². The Morgan fingerprint density at radius 1 is 1.28 bits per heavy atom. The van der Waals surface area contributed by atoms with Gasteiger partial charge in [-0.3, -0.25) is 0 Å². The average molecular weight is 250 g/mol. The van der Waals surface area contributed by atoms with Gasteiger partial charge < -0.3 is 16.0 Å². The highest BCUT2D eigenvalue weighted by atomic mass is 15.1. The Morgan fingerprint density at radius 2 is 2.00 bits per heavy atom. The summed E-state index contributed by atoms with van der Waals surface area (Å²) in [7, 11) is 0. The zero-order valence-corrected chi connectivity index (χ0v) is 11.9. The van der Waals surface area contributed by atoms with Crippen LogP contribution in [-0.2, 0) is 0 Å². The van der Waals surface area contributed by atoms with Crippen LogP contribution < -0.4 is 11.1 Å². The highest BCUT2D eigenvalue weighted by molar-refractivity contribution is 5.50. The number of nitrogens with zero attached hydrogens (tertiary/aromatic N) is 2. The number of nitrogen functional groups attached to an aromatic ring is 1. The summed E-state index contributed by atoms with van der Waals surface area (Å²) in [5.74, 6) is 0.921. The van der Waals surface area contributed by atoms with E-state index in [4.69, 9.17) is 5.73 Å². The first-order valence-electron chi connectivity index (χ1n) is 6.85. The van der Waals surface area contributed by atoms with Crippen molar-refractivity contribution in [2.75, 3.05) is 37.2 Å². The van der Waals surface area contributed by atoms with Crippen molar-refractivity contribution in [1.82, 2.24) is 9.88 Å². The molecule has 18 heavy (non-hydrogen) atoms. The third-order valence-corrected chi connectivity index (χ3v) is 3.25. The molecule has 1 heterocycles. The Balaban J connectivity index is 2.19. The molecular weight excluding hydrogens is 224 g/mol. The largest absolute Gasteiger partial charge is 0.397 e. The predicted octanol–water partition coefficient (Wildman–Crippen LogP) is 2.51. The van der Waals surface area contributed by atoms with Gasteiger partial charge in [0, 0.05) is 6.54 Å². The van der Waals surface area contributed by atoms with E-state index in [-0.39, 0.29) is 0 Å². The van der Waals surface area contributed by atoms with E-state index < -0.39 is 0 Å². The molecule has 4 heteroatoms. The van der Waals surface area contributed by atoms with E-state index in [2.05, 4.69) is 29.0 Å². The molecule has 0 radical (unpaired) electrons. The number of aryl methyl sites for hydroxylation is 1. The number of pyridine rings is 1. The summed E-state index contributed by atoms with van der Waals surface area (Å²) >= 11 is 0. The van der Waals surface area contributed by atoms with E-state index in [0.717, 1.165) is 36.7 Å². The molecule has 102 valence electrons. The first-order valence-corrected chi connectivity index (χ1v) is 6.85. The zero-order valence-electron chi connectivity index (χ0n) is 11.9. The minimum atomic E-state index is 0.752. The van der Waals surface area contributed by atoms with E-state index in [0.29, 0.717) is 0 Å². The van der Waals surface area contributed by atoms with Gasteiger partial charge in [-0.15, -0.1) is 0 Å². The van der Waals surface area contributed by atoms with Crippen molar-refractivity contribution in [3.8, 4) is 0 Å². The normalized spacial score (nSPS) is 10.9. The van der Waals surface area contributed by atoms with Crippen LogP contribution in [0, 0.1) is 6.92 Å². The minimum Gasteiger partial charge on any atom is -0.397 e. The molecule has 0 atom stereocenters. The van der Waals surface area contributed by atoms with Crippen LogP contribution in [0.5, 0.6) is 0 Å². The fourth-order valence-electron chi connectivity index (χ4n) is 1.88. The number of nitrogens with one attached hydrogen (secondary N) is 1. The smallest absolute Gasteiger partial charge is 0.126 e. The first-order chi connectivity index (χ1) is 8.67. The molecule has 0 spiro atoms. The summed E-state index contributed by atoms with van der Waals surface area (Å²) in [6.45, 7) is 10.9. The van der Waals surface area contributed by atoms with Crippen LogP contribution in [0.1, 0.15) is 32.3 Å². The van der Waals surface area contributed by atoms with Gasteiger partial charge in [0.25, 0.3) is 0 Å². The summed E-state index contributed by atoms with van der Waals surface area (Å²) < 4.78 is 0. The molecule has 0 unspecified atom stereocenters. The van der Waals surface area contributed by atoms with Gasteiger partial charge in [-0.05, 0) is 51.0 Å². The maximum absolute atomic E-state index is 5.73. The van der Waals surface area contributed by atoms with Gasteiger partial charge in [-0.1, -0.05) is 13.8 Å². The molecule has 1 aromatic heterocycles. The molecule has 0 aliphatic heterocycles. The van der Waals surface area contributed by atoms with Crippen molar-refractivity contribution in [2.24, 2.45) is 0 Å². The minimum absolute atomic E-state index is 0.752. The molecule has 0 bridgehead atoms. The quantitative estimate of drug-likeness (QED) is 0.696. The molecule has 3 N–H and O–H groups in total. The zero-order chi connectivity index (χ0) is 13.4. The van der Waals surface area contributed by atoms with Gasteiger partial charge in [-0.2, -0.15) is 0 Å². The number of hydrogen-bond donors (Lipinski definition) is 2. The molecule has 0 fully saturated rings. The van der Waals surface area contributed by atoms with Crippen LogP contribution in [0.4, 0.5) is 11.5 Å². The van der Waals surface area contributed by atoms with E-state index in [9.17, 15) is 0 Å². The van der Waals surface area contributed by atoms with Crippen molar-refractivity contribution in [3.05, 3.63) is 17.8 Å². The number of nitrogens with two attached hydrogens (primary N) is 1. The maximum Gasteiger partial charge on any atom is 0.126 e. The SMILES string of the molecule is CCN(CC)CCCCNc1cc(C)c(N)cn1. The van der Waals surface area contributed by atoms with Crippen LogP contribution in [0.15, 0.2) is 12.3 Å². The van der Waals surface area contributed by atoms with Crippen molar-refractivity contribution < 1.29 is 0 Å². The molecule has 0 aliphatic rings. The number of hydrogen-bond acceptors (Lipinski definition) is 4.